The van der Waals surface area contributed by atoms with Crippen molar-refractivity contribution in [2.75, 3.05) is 18.4 Å². The van der Waals surface area contributed by atoms with Gasteiger partial charge in [-0.05, 0) is 61.3 Å². The van der Waals surface area contributed by atoms with Crippen LogP contribution >= 0.6 is 12.2 Å². The topological polar surface area (TPSA) is 78.7 Å². The lowest BCUT2D eigenvalue weighted by Gasteiger charge is -2.21. The molecule has 2 N–H and O–H groups in total. The molecule has 0 fully saturated rings. The number of hydrogen-bond acceptors (Lipinski definition) is 4. The molecule has 0 saturated carbocycles. The molecule has 0 aliphatic heterocycles. The number of thiocarbonyl (C=S) groups is 1. The van der Waals surface area contributed by atoms with Crippen molar-refractivity contribution in [1.29, 1.82) is 0 Å². The normalized spacial score (nSPS) is 12.0. The summed E-state index contributed by atoms with van der Waals surface area (Å²) in [6, 6.07) is 13.2. The van der Waals surface area contributed by atoms with Gasteiger partial charge in [-0.2, -0.15) is 9.41 Å². The Morgan fingerprint density at radius 1 is 1.12 bits per heavy atom. The molecule has 3 aromatic rings. The van der Waals surface area contributed by atoms with E-state index in [1.54, 1.807) is 22.7 Å². The van der Waals surface area contributed by atoms with Gasteiger partial charge in [-0.1, -0.05) is 39.0 Å². The molecule has 0 aliphatic carbocycles. The van der Waals surface area contributed by atoms with Crippen molar-refractivity contribution in [3.8, 4) is 0 Å². The summed E-state index contributed by atoms with van der Waals surface area (Å²) in [4.78, 5) is 0.295. The highest BCUT2D eigenvalue weighted by atomic mass is 32.2. The molecule has 2 aromatic carbocycles. The molecule has 0 aliphatic rings. The lowest BCUT2D eigenvalue weighted by molar-refractivity contribution is 0.410. The van der Waals surface area contributed by atoms with Crippen molar-refractivity contribution in [1.82, 2.24) is 14.3 Å². The first-order valence-electron chi connectivity index (χ1n) is 11.6. The van der Waals surface area contributed by atoms with Crippen molar-refractivity contribution in [3.63, 3.8) is 0 Å². The number of aromatic nitrogens is 1. The molecule has 0 unspecified atom stereocenters. The van der Waals surface area contributed by atoms with E-state index in [0.29, 0.717) is 23.1 Å². The number of sulfonamides is 1. The van der Waals surface area contributed by atoms with Crippen LogP contribution in [0.2, 0.25) is 0 Å². The fourth-order valence-corrected chi connectivity index (χ4v) is 5.74. The van der Waals surface area contributed by atoms with Gasteiger partial charge in [-0.25, -0.2) is 8.42 Å². The number of fused-ring (bicyclic) bond motifs is 1. The molecule has 0 spiro atoms. The van der Waals surface area contributed by atoms with Crippen LogP contribution in [-0.4, -0.2) is 41.7 Å². The summed E-state index contributed by atoms with van der Waals surface area (Å²) in [6.45, 7) is 7.08. The number of hydrogen-bond donors (Lipinski definition) is 2. The number of hydrazone groups is 1. The number of aryl methyl sites for hydroxylation is 2. The molecule has 34 heavy (non-hydrogen) atoms. The summed E-state index contributed by atoms with van der Waals surface area (Å²) in [5, 5.41) is 8.66. The second-order valence-electron chi connectivity index (χ2n) is 8.11. The number of para-hydroxylation sites is 1. The van der Waals surface area contributed by atoms with Crippen LogP contribution in [0.15, 0.2) is 58.7 Å². The SMILES string of the molecule is CCCN(CCC)S(=O)(=O)c1ccc2c(c1)c(C=NNC(=S)Nc1ccccc1CC)cn2C. The molecule has 0 amide bonds. The molecule has 0 radical (unpaired) electrons. The third-order valence-corrected chi connectivity index (χ3v) is 7.68. The minimum atomic E-state index is -3.57. The van der Waals surface area contributed by atoms with Gasteiger partial charge < -0.3 is 9.88 Å². The van der Waals surface area contributed by atoms with Crippen molar-refractivity contribution < 1.29 is 8.42 Å². The van der Waals surface area contributed by atoms with Crippen LogP contribution in [0.3, 0.4) is 0 Å². The highest BCUT2D eigenvalue weighted by Gasteiger charge is 2.24. The highest BCUT2D eigenvalue weighted by molar-refractivity contribution is 7.89. The molecule has 0 bridgehead atoms. The van der Waals surface area contributed by atoms with Crippen LogP contribution in [0, 0.1) is 0 Å². The number of benzene rings is 2. The summed E-state index contributed by atoms with van der Waals surface area (Å²) in [7, 11) is -1.64. The van der Waals surface area contributed by atoms with Gasteiger partial charge in [0.15, 0.2) is 5.11 Å². The first-order chi connectivity index (χ1) is 16.3. The van der Waals surface area contributed by atoms with Crippen LogP contribution in [0.1, 0.15) is 44.7 Å². The summed E-state index contributed by atoms with van der Waals surface area (Å²) in [6.07, 6.45) is 6.02. The van der Waals surface area contributed by atoms with Crippen molar-refractivity contribution in [2.45, 2.75) is 44.9 Å². The molecule has 9 heteroatoms. The van der Waals surface area contributed by atoms with Crippen LogP contribution < -0.4 is 10.7 Å². The second-order valence-corrected chi connectivity index (χ2v) is 10.5. The Hall–Kier alpha value is -2.75. The lowest BCUT2D eigenvalue weighted by Crippen LogP contribution is -2.32. The molecular weight excluding hydrogens is 466 g/mol. The average Bonchev–Trinajstić information content (AvgIpc) is 3.14. The van der Waals surface area contributed by atoms with Crippen LogP contribution in [0.25, 0.3) is 10.9 Å². The number of nitrogens with zero attached hydrogens (tertiary/aromatic N) is 3. The predicted octanol–water partition coefficient (Wildman–Crippen LogP) is 4.87. The fourth-order valence-electron chi connectivity index (χ4n) is 3.93. The molecular formula is C25H33N5O2S2. The molecule has 0 saturated heterocycles. The Kier molecular flexibility index (Phi) is 8.82. The highest BCUT2D eigenvalue weighted by Crippen LogP contribution is 2.25. The van der Waals surface area contributed by atoms with Crippen LogP contribution in [-0.2, 0) is 23.5 Å². The van der Waals surface area contributed by atoms with Gasteiger partial charge in [-0.3, -0.25) is 5.43 Å². The van der Waals surface area contributed by atoms with E-state index in [0.717, 1.165) is 41.4 Å². The van der Waals surface area contributed by atoms with E-state index in [9.17, 15) is 8.42 Å². The van der Waals surface area contributed by atoms with Crippen LogP contribution in [0.4, 0.5) is 5.69 Å². The summed E-state index contributed by atoms with van der Waals surface area (Å²) in [5.41, 5.74) is 6.70. The minimum absolute atomic E-state index is 0.295. The number of anilines is 1. The standard InChI is InChI=1S/C25H33N5O2S2/c1-5-14-30(15-6-2)34(31,32)21-12-13-24-22(16-21)20(18-29(24)4)17-26-28-25(33)27-23-11-9-8-10-19(23)7-3/h8-13,16-18H,5-7,14-15H2,1-4H3,(H2,27,28,33). The summed E-state index contributed by atoms with van der Waals surface area (Å²) in [5.74, 6) is 0. The monoisotopic (exact) mass is 499 g/mol. The van der Waals surface area contributed by atoms with Crippen LogP contribution in [0.5, 0.6) is 0 Å². The zero-order valence-corrected chi connectivity index (χ0v) is 21.8. The van der Waals surface area contributed by atoms with Gasteiger partial charge in [0, 0.05) is 48.5 Å². The Labute approximate surface area is 207 Å². The maximum absolute atomic E-state index is 13.3. The van der Waals surface area contributed by atoms with Gasteiger partial charge in [0.25, 0.3) is 0 Å². The molecule has 0 atom stereocenters. The van der Waals surface area contributed by atoms with Gasteiger partial charge in [-0.15, -0.1) is 0 Å². The van der Waals surface area contributed by atoms with E-state index in [1.807, 2.05) is 55.9 Å². The third-order valence-electron chi connectivity index (χ3n) is 5.59. The molecule has 1 heterocycles. The number of rotatable bonds is 10. The fraction of sp³-hybridized carbons (Fsp3) is 0.360. The van der Waals surface area contributed by atoms with E-state index < -0.39 is 10.0 Å². The Morgan fingerprint density at radius 2 is 1.82 bits per heavy atom. The summed E-state index contributed by atoms with van der Waals surface area (Å²) >= 11 is 5.38. The zero-order chi connectivity index (χ0) is 24.7. The minimum Gasteiger partial charge on any atom is -0.350 e. The number of nitrogens with one attached hydrogen (secondary N) is 2. The first-order valence-corrected chi connectivity index (χ1v) is 13.4. The Bertz CT molecular complexity index is 1280. The smallest absolute Gasteiger partial charge is 0.243 e. The van der Waals surface area contributed by atoms with Gasteiger partial charge in [0.1, 0.15) is 0 Å². The molecule has 7 nitrogen and oxygen atoms in total. The van der Waals surface area contributed by atoms with Crippen molar-refractivity contribution in [2.24, 2.45) is 12.1 Å². The molecule has 3 rings (SSSR count). The largest absolute Gasteiger partial charge is 0.350 e. The lowest BCUT2D eigenvalue weighted by atomic mass is 10.1. The second kappa shape index (κ2) is 11.6. The Morgan fingerprint density at radius 3 is 2.50 bits per heavy atom. The van der Waals surface area contributed by atoms with E-state index in [4.69, 9.17) is 12.2 Å². The van der Waals surface area contributed by atoms with Crippen molar-refractivity contribution in [3.05, 3.63) is 59.8 Å². The summed E-state index contributed by atoms with van der Waals surface area (Å²) < 4.78 is 30.0. The predicted molar refractivity (Wildman–Crippen MR) is 145 cm³/mol. The first kappa shape index (κ1) is 25.9. The van der Waals surface area contributed by atoms with E-state index >= 15 is 0 Å². The average molecular weight is 500 g/mol. The van der Waals surface area contributed by atoms with E-state index in [1.165, 1.54) is 5.56 Å². The maximum Gasteiger partial charge on any atom is 0.243 e. The van der Waals surface area contributed by atoms with E-state index in [2.05, 4.69) is 28.8 Å². The van der Waals surface area contributed by atoms with Gasteiger partial charge in [0.2, 0.25) is 10.0 Å². The van der Waals surface area contributed by atoms with Crippen molar-refractivity contribution >= 4 is 50.2 Å². The zero-order valence-electron chi connectivity index (χ0n) is 20.2. The third kappa shape index (κ3) is 5.84. The quantitative estimate of drug-likeness (QED) is 0.236. The molecule has 182 valence electrons. The van der Waals surface area contributed by atoms with Gasteiger partial charge >= 0.3 is 0 Å². The Balaban J connectivity index is 1.83. The molecule has 1 aromatic heterocycles. The van der Waals surface area contributed by atoms with E-state index in [-0.39, 0.29) is 0 Å². The maximum atomic E-state index is 13.3. The van der Waals surface area contributed by atoms with Gasteiger partial charge in [0.05, 0.1) is 11.1 Å².